The van der Waals surface area contributed by atoms with Crippen LogP contribution in [0.25, 0.3) is 0 Å². The Balaban J connectivity index is 0.00000324. The van der Waals surface area contributed by atoms with Gasteiger partial charge in [-0.05, 0) is 31.5 Å². The molecular formula is C13H19ClFNO3. The first-order chi connectivity index (χ1) is 8.60. The maximum atomic E-state index is 13.7. The zero-order valence-electron chi connectivity index (χ0n) is 11.0. The first-order valence-electron chi connectivity index (χ1n) is 5.89. The average Bonchev–Trinajstić information content (AvgIpc) is 2.38. The molecule has 1 aromatic carbocycles. The third kappa shape index (κ3) is 5.04. The van der Waals surface area contributed by atoms with Crippen LogP contribution in [0.5, 0.6) is 5.75 Å². The van der Waals surface area contributed by atoms with Crippen molar-refractivity contribution < 1.29 is 18.7 Å². The van der Waals surface area contributed by atoms with Crippen LogP contribution in [0.2, 0.25) is 0 Å². The van der Waals surface area contributed by atoms with Crippen LogP contribution >= 0.6 is 12.4 Å². The van der Waals surface area contributed by atoms with Crippen LogP contribution in [-0.4, -0.2) is 25.4 Å². The molecule has 0 fully saturated rings. The Morgan fingerprint density at radius 3 is 2.32 bits per heavy atom. The third-order valence-electron chi connectivity index (χ3n) is 2.40. The van der Waals surface area contributed by atoms with Crippen LogP contribution < -0.4 is 10.5 Å². The van der Waals surface area contributed by atoms with E-state index in [0.29, 0.717) is 17.9 Å². The van der Waals surface area contributed by atoms with Crippen LogP contribution in [0.4, 0.5) is 4.39 Å². The highest BCUT2D eigenvalue weighted by atomic mass is 35.5. The van der Waals surface area contributed by atoms with Crippen molar-refractivity contribution in [2.24, 2.45) is 5.73 Å². The molecule has 0 aliphatic rings. The number of hydrogen-bond acceptors (Lipinski definition) is 4. The Kier molecular flexibility index (Phi) is 8.11. The summed E-state index contributed by atoms with van der Waals surface area (Å²) in [6, 6.07) is 5.63. The van der Waals surface area contributed by atoms with Gasteiger partial charge in [-0.15, -0.1) is 12.4 Å². The summed E-state index contributed by atoms with van der Waals surface area (Å²) in [6.07, 6.45) is -1.86. The van der Waals surface area contributed by atoms with Gasteiger partial charge in [0.05, 0.1) is 19.3 Å². The van der Waals surface area contributed by atoms with Crippen LogP contribution in [0.3, 0.4) is 0 Å². The molecule has 6 heteroatoms. The van der Waals surface area contributed by atoms with E-state index in [1.807, 2.05) is 6.92 Å². The van der Waals surface area contributed by atoms with E-state index >= 15 is 0 Å². The first kappa shape index (κ1) is 17.7. The summed E-state index contributed by atoms with van der Waals surface area (Å²) < 4.78 is 23.5. The minimum Gasteiger partial charge on any atom is -0.494 e. The Morgan fingerprint density at radius 2 is 1.84 bits per heavy atom. The molecule has 0 radical (unpaired) electrons. The van der Waals surface area contributed by atoms with Crippen LogP contribution in [0.15, 0.2) is 24.3 Å². The SMILES string of the molecule is CCOC(=O)C(F)[C@H](N)c1ccc(OCC)cc1.Cl. The van der Waals surface area contributed by atoms with Gasteiger partial charge in [0.2, 0.25) is 6.17 Å². The maximum absolute atomic E-state index is 13.7. The van der Waals surface area contributed by atoms with Crippen molar-refractivity contribution in [3.8, 4) is 5.75 Å². The van der Waals surface area contributed by atoms with Gasteiger partial charge in [0, 0.05) is 0 Å². The van der Waals surface area contributed by atoms with E-state index in [0.717, 1.165) is 0 Å². The Morgan fingerprint density at radius 1 is 1.26 bits per heavy atom. The highest BCUT2D eigenvalue weighted by Gasteiger charge is 2.27. The summed E-state index contributed by atoms with van der Waals surface area (Å²) in [6.45, 7) is 4.18. The lowest BCUT2D eigenvalue weighted by atomic mass is 10.0. The third-order valence-corrected chi connectivity index (χ3v) is 2.40. The molecule has 0 heterocycles. The van der Waals surface area contributed by atoms with Gasteiger partial charge in [-0.3, -0.25) is 0 Å². The zero-order valence-corrected chi connectivity index (χ0v) is 11.8. The normalized spacial score (nSPS) is 13.1. The van der Waals surface area contributed by atoms with E-state index in [1.54, 1.807) is 31.2 Å². The van der Waals surface area contributed by atoms with Crippen molar-refractivity contribution in [2.75, 3.05) is 13.2 Å². The molecule has 1 aromatic rings. The molecule has 1 rings (SSSR count). The molecule has 0 spiro atoms. The van der Waals surface area contributed by atoms with Crippen molar-refractivity contribution in [3.05, 3.63) is 29.8 Å². The van der Waals surface area contributed by atoms with Gasteiger partial charge >= 0.3 is 5.97 Å². The smallest absolute Gasteiger partial charge is 0.342 e. The number of alkyl halides is 1. The number of carbonyl (C=O) groups is 1. The van der Waals surface area contributed by atoms with Gasteiger partial charge in [-0.25, -0.2) is 9.18 Å². The number of benzene rings is 1. The van der Waals surface area contributed by atoms with Gasteiger partial charge in [-0.2, -0.15) is 0 Å². The number of nitrogens with two attached hydrogens (primary N) is 1. The summed E-state index contributed by atoms with van der Waals surface area (Å²) in [5.41, 5.74) is 6.20. The molecule has 1 unspecified atom stereocenters. The Hall–Kier alpha value is -1.33. The summed E-state index contributed by atoms with van der Waals surface area (Å²) in [4.78, 5) is 11.2. The second-order valence-electron chi connectivity index (χ2n) is 3.68. The number of esters is 1. The Bertz CT molecular complexity index is 386. The number of ether oxygens (including phenoxy) is 2. The fourth-order valence-electron chi connectivity index (χ4n) is 1.49. The van der Waals surface area contributed by atoms with Gasteiger partial charge < -0.3 is 15.2 Å². The monoisotopic (exact) mass is 291 g/mol. The quantitative estimate of drug-likeness (QED) is 0.818. The first-order valence-corrected chi connectivity index (χ1v) is 5.89. The van der Waals surface area contributed by atoms with E-state index in [-0.39, 0.29) is 19.0 Å². The fraction of sp³-hybridized carbons (Fsp3) is 0.462. The van der Waals surface area contributed by atoms with Crippen LogP contribution in [0, 0.1) is 0 Å². The summed E-state index contributed by atoms with van der Waals surface area (Å²) in [5, 5.41) is 0. The molecule has 0 amide bonds. The van der Waals surface area contributed by atoms with Gasteiger partial charge in [0.15, 0.2) is 0 Å². The molecular weight excluding hydrogens is 273 g/mol. The van der Waals surface area contributed by atoms with E-state index in [1.165, 1.54) is 0 Å². The lowest BCUT2D eigenvalue weighted by molar-refractivity contribution is -0.149. The van der Waals surface area contributed by atoms with E-state index < -0.39 is 18.2 Å². The molecule has 0 aromatic heterocycles. The molecule has 0 saturated carbocycles. The lowest BCUT2D eigenvalue weighted by Crippen LogP contribution is -2.31. The van der Waals surface area contributed by atoms with Gasteiger partial charge in [0.25, 0.3) is 0 Å². The van der Waals surface area contributed by atoms with Crippen molar-refractivity contribution in [2.45, 2.75) is 26.1 Å². The largest absolute Gasteiger partial charge is 0.494 e. The van der Waals surface area contributed by atoms with Crippen LogP contribution in [0.1, 0.15) is 25.5 Å². The lowest BCUT2D eigenvalue weighted by Gasteiger charge is -2.16. The fourth-order valence-corrected chi connectivity index (χ4v) is 1.49. The molecule has 0 aliphatic heterocycles. The summed E-state index contributed by atoms with van der Waals surface area (Å²) in [7, 11) is 0. The van der Waals surface area contributed by atoms with E-state index in [9.17, 15) is 9.18 Å². The number of rotatable bonds is 6. The minimum atomic E-state index is -1.86. The summed E-state index contributed by atoms with van der Waals surface area (Å²) in [5.74, 6) is -0.251. The average molecular weight is 292 g/mol. The van der Waals surface area contributed by atoms with Gasteiger partial charge in [-0.1, -0.05) is 12.1 Å². The minimum absolute atomic E-state index is 0. The number of hydrogen-bond donors (Lipinski definition) is 1. The molecule has 4 nitrogen and oxygen atoms in total. The van der Waals surface area contributed by atoms with Crippen molar-refractivity contribution in [1.29, 1.82) is 0 Å². The molecule has 19 heavy (non-hydrogen) atoms. The van der Waals surface area contributed by atoms with Crippen molar-refractivity contribution in [1.82, 2.24) is 0 Å². The molecule has 0 bridgehead atoms. The molecule has 2 N–H and O–H groups in total. The molecule has 0 saturated heterocycles. The standard InChI is InChI=1S/C13H18FNO3.ClH/c1-3-17-10-7-5-9(6-8-10)12(15)11(14)13(16)18-4-2;/h5-8,11-12H,3-4,15H2,1-2H3;1H/t11?,12-;/m1./s1. The molecule has 0 aliphatic carbocycles. The highest BCUT2D eigenvalue weighted by molar-refractivity contribution is 5.85. The molecule has 2 atom stereocenters. The predicted octanol–water partition coefficient (Wildman–Crippen LogP) is 2.41. The van der Waals surface area contributed by atoms with E-state index in [4.69, 9.17) is 10.5 Å². The highest BCUT2D eigenvalue weighted by Crippen LogP contribution is 2.21. The van der Waals surface area contributed by atoms with E-state index in [2.05, 4.69) is 4.74 Å². The topological polar surface area (TPSA) is 61.5 Å². The van der Waals surface area contributed by atoms with Crippen LogP contribution in [-0.2, 0) is 9.53 Å². The molecule has 108 valence electrons. The second kappa shape index (κ2) is 8.72. The predicted molar refractivity (Wildman–Crippen MR) is 73.3 cm³/mol. The second-order valence-corrected chi connectivity index (χ2v) is 3.68. The maximum Gasteiger partial charge on any atom is 0.342 e. The Labute approximate surface area is 118 Å². The van der Waals surface area contributed by atoms with Gasteiger partial charge in [0.1, 0.15) is 5.75 Å². The number of halogens is 2. The van der Waals surface area contributed by atoms with Crippen molar-refractivity contribution in [3.63, 3.8) is 0 Å². The zero-order chi connectivity index (χ0) is 13.5. The summed E-state index contributed by atoms with van der Waals surface area (Å²) >= 11 is 0. The van der Waals surface area contributed by atoms with Crippen molar-refractivity contribution >= 4 is 18.4 Å². The number of carbonyl (C=O) groups excluding carboxylic acids is 1.